The minimum absolute atomic E-state index is 0.0938. The van der Waals surface area contributed by atoms with E-state index in [1.54, 1.807) is 18.0 Å². The molecule has 1 N–H and O–H groups in total. The molecule has 3 nitrogen and oxygen atoms in total. The second kappa shape index (κ2) is 8.49. The van der Waals surface area contributed by atoms with Crippen LogP contribution in [-0.2, 0) is 4.79 Å². The lowest BCUT2D eigenvalue weighted by atomic mass is 10.2. The van der Waals surface area contributed by atoms with Crippen LogP contribution in [0.3, 0.4) is 0 Å². The second-order valence-electron chi connectivity index (χ2n) is 4.26. The summed E-state index contributed by atoms with van der Waals surface area (Å²) in [6.07, 6.45) is 2.05. The normalized spacial score (nSPS) is 10.7. The number of thioether (sulfide) groups is 1. The van der Waals surface area contributed by atoms with Gasteiger partial charge in [0, 0.05) is 22.1 Å². The molecule has 5 heteroatoms. The van der Waals surface area contributed by atoms with E-state index in [4.69, 9.17) is 11.6 Å². The van der Waals surface area contributed by atoms with Crippen LogP contribution in [0, 0.1) is 0 Å². The van der Waals surface area contributed by atoms with Gasteiger partial charge in [0.25, 0.3) is 0 Å². The summed E-state index contributed by atoms with van der Waals surface area (Å²) in [7, 11) is 0. The minimum atomic E-state index is -0.0938. The van der Waals surface area contributed by atoms with Crippen LogP contribution < -0.4 is 5.43 Å². The molecule has 2 aromatic rings. The van der Waals surface area contributed by atoms with Crippen LogP contribution in [0.1, 0.15) is 12.0 Å². The van der Waals surface area contributed by atoms with Crippen molar-refractivity contribution in [3.8, 4) is 0 Å². The molecule has 0 fully saturated rings. The Bertz CT molecular complexity index is 599. The van der Waals surface area contributed by atoms with Crippen LogP contribution in [0.4, 0.5) is 0 Å². The van der Waals surface area contributed by atoms with Crippen molar-refractivity contribution in [2.24, 2.45) is 5.10 Å². The van der Waals surface area contributed by atoms with Gasteiger partial charge >= 0.3 is 0 Å². The first-order chi connectivity index (χ1) is 10.2. The van der Waals surface area contributed by atoms with E-state index in [-0.39, 0.29) is 5.91 Å². The van der Waals surface area contributed by atoms with Gasteiger partial charge in [-0.25, -0.2) is 5.43 Å². The third-order valence-electron chi connectivity index (χ3n) is 2.61. The van der Waals surface area contributed by atoms with Crippen LogP contribution in [0.5, 0.6) is 0 Å². The summed E-state index contributed by atoms with van der Waals surface area (Å²) in [6.45, 7) is 0. The van der Waals surface area contributed by atoms with Gasteiger partial charge in [-0.2, -0.15) is 5.10 Å². The molecule has 0 atom stereocenters. The maximum atomic E-state index is 11.6. The summed E-state index contributed by atoms with van der Waals surface area (Å²) in [6, 6.07) is 17.2. The number of carbonyl (C=O) groups excluding carboxylic acids is 1. The van der Waals surface area contributed by atoms with E-state index in [0.717, 1.165) is 10.5 Å². The van der Waals surface area contributed by atoms with E-state index in [1.165, 1.54) is 0 Å². The molecule has 0 saturated carbocycles. The van der Waals surface area contributed by atoms with Crippen molar-refractivity contribution in [1.29, 1.82) is 0 Å². The number of hydrogen-bond donors (Lipinski definition) is 1. The number of amides is 1. The quantitative estimate of drug-likeness (QED) is 0.497. The Kier molecular flexibility index (Phi) is 6.31. The summed E-state index contributed by atoms with van der Waals surface area (Å²) in [5.41, 5.74) is 3.47. The molecule has 0 aliphatic heterocycles. The number of hydrogen-bond acceptors (Lipinski definition) is 3. The second-order valence-corrected chi connectivity index (χ2v) is 5.86. The van der Waals surface area contributed by atoms with Crippen molar-refractivity contribution in [2.45, 2.75) is 11.3 Å². The van der Waals surface area contributed by atoms with E-state index in [2.05, 4.69) is 10.5 Å². The summed E-state index contributed by atoms with van der Waals surface area (Å²) in [5.74, 6) is 0.609. The van der Waals surface area contributed by atoms with E-state index in [9.17, 15) is 4.79 Å². The van der Waals surface area contributed by atoms with Gasteiger partial charge in [-0.1, -0.05) is 41.9 Å². The maximum Gasteiger partial charge on any atom is 0.240 e. The predicted octanol–water partition coefficient (Wildman–Crippen LogP) is 3.97. The molecule has 0 spiro atoms. The molecule has 0 heterocycles. The molecule has 0 unspecified atom stereocenters. The molecular weight excluding hydrogens is 304 g/mol. The van der Waals surface area contributed by atoms with E-state index in [1.807, 2.05) is 54.6 Å². The van der Waals surface area contributed by atoms with Gasteiger partial charge in [-0.15, -0.1) is 11.8 Å². The predicted molar refractivity (Wildman–Crippen MR) is 89.0 cm³/mol. The first-order valence-electron chi connectivity index (χ1n) is 6.49. The van der Waals surface area contributed by atoms with Crippen molar-refractivity contribution in [3.63, 3.8) is 0 Å². The van der Waals surface area contributed by atoms with Crippen molar-refractivity contribution in [2.75, 3.05) is 5.75 Å². The summed E-state index contributed by atoms with van der Waals surface area (Å²) >= 11 is 7.43. The molecule has 0 radical (unpaired) electrons. The molecular formula is C16H15ClN2OS. The molecule has 0 aromatic heterocycles. The lowest BCUT2D eigenvalue weighted by Gasteiger charge is -2.01. The fourth-order valence-electron chi connectivity index (χ4n) is 1.57. The fraction of sp³-hybridized carbons (Fsp3) is 0.125. The highest BCUT2D eigenvalue weighted by Crippen LogP contribution is 2.20. The van der Waals surface area contributed by atoms with Crippen molar-refractivity contribution in [1.82, 2.24) is 5.43 Å². The first-order valence-corrected chi connectivity index (χ1v) is 7.86. The van der Waals surface area contributed by atoms with Crippen molar-refractivity contribution in [3.05, 3.63) is 65.2 Å². The molecule has 0 aliphatic rings. The highest BCUT2D eigenvalue weighted by Gasteiger charge is 2.00. The van der Waals surface area contributed by atoms with E-state index < -0.39 is 0 Å². The minimum Gasteiger partial charge on any atom is -0.273 e. The molecule has 0 bridgehead atoms. The van der Waals surface area contributed by atoms with Gasteiger partial charge in [0.1, 0.15) is 0 Å². The zero-order valence-electron chi connectivity index (χ0n) is 11.3. The number of hydrazone groups is 1. The molecule has 0 aliphatic carbocycles. The summed E-state index contributed by atoms with van der Waals surface area (Å²) in [4.78, 5) is 12.7. The average Bonchev–Trinajstić information content (AvgIpc) is 2.50. The third-order valence-corrected chi connectivity index (χ3v) is 3.88. The van der Waals surface area contributed by atoms with Crippen molar-refractivity contribution < 1.29 is 4.79 Å². The highest BCUT2D eigenvalue weighted by atomic mass is 35.5. The number of halogens is 1. The lowest BCUT2D eigenvalue weighted by Crippen LogP contribution is -2.17. The third kappa shape index (κ3) is 6.02. The van der Waals surface area contributed by atoms with Crippen LogP contribution >= 0.6 is 23.4 Å². The Labute approximate surface area is 133 Å². The van der Waals surface area contributed by atoms with Gasteiger partial charge in [0.15, 0.2) is 0 Å². The smallest absolute Gasteiger partial charge is 0.240 e. The molecule has 2 aromatic carbocycles. The molecule has 108 valence electrons. The Morgan fingerprint density at radius 1 is 1.14 bits per heavy atom. The Balaban J connectivity index is 1.68. The topological polar surface area (TPSA) is 41.5 Å². The zero-order chi connectivity index (χ0) is 14.9. The number of nitrogens with one attached hydrogen (secondary N) is 1. The fourth-order valence-corrected chi connectivity index (χ4v) is 2.54. The van der Waals surface area contributed by atoms with Crippen LogP contribution in [-0.4, -0.2) is 17.9 Å². The monoisotopic (exact) mass is 318 g/mol. The largest absolute Gasteiger partial charge is 0.273 e. The molecule has 1 amide bonds. The average molecular weight is 319 g/mol. The van der Waals surface area contributed by atoms with Crippen LogP contribution in [0.2, 0.25) is 5.02 Å². The zero-order valence-corrected chi connectivity index (χ0v) is 12.9. The van der Waals surface area contributed by atoms with Gasteiger partial charge in [0.05, 0.1) is 6.21 Å². The van der Waals surface area contributed by atoms with Crippen LogP contribution in [0.25, 0.3) is 0 Å². The molecule has 2 rings (SSSR count). The van der Waals surface area contributed by atoms with Crippen molar-refractivity contribution >= 4 is 35.5 Å². The SMILES string of the molecule is O=C(CCSc1ccc(Cl)cc1)N/N=C\c1ccccc1. The Morgan fingerprint density at radius 2 is 1.86 bits per heavy atom. The number of benzene rings is 2. The number of rotatable bonds is 6. The van der Waals surface area contributed by atoms with Crippen LogP contribution in [0.15, 0.2) is 64.6 Å². The van der Waals surface area contributed by atoms with Gasteiger partial charge in [0.2, 0.25) is 5.91 Å². The van der Waals surface area contributed by atoms with Gasteiger partial charge in [-0.3, -0.25) is 4.79 Å². The Morgan fingerprint density at radius 3 is 2.57 bits per heavy atom. The molecule has 21 heavy (non-hydrogen) atoms. The van der Waals surface area contributed by atoms with Gasteiger partial charge < -0.3 is 0 Å². The standard InChI is InChI=1S/C16H15ClN2OS/c17-14-6-8-15(9-7-14)21-11-10-16(20)19-18-12-13-4-2-1-3-5-13/h1-9,12H,10-11H2,(H,19,20)/b18-12-. The Hall–Kier alpha value is -1.78. The van der Waals surface area contributed by atoms with Gasteiger partial charge in [-0.05, 0) is 29.8 Å². The molecule has 0 saturated heterocycles. The lowest BCUT2D eigenvalue weighted by molar-refractivity contribution is -0.120. The summed E-state index contributed by atoms with van der Waals surface area (Å²) < 4.78 is 0. The van der Waals surface area contributed by atoms with E-state index in [0.29, 0.717) is 17.2 Å². The maximum absolute atomic E-state index is 11.6. The first kappa shape index (κ1) is 15.6. The number of carbonyl (C=O) groups is 1. The summed E-state index contributed by atoms with van der Waals surface area (Å²) in [5, 5.41) is 4.64. The number of nitrogens with zero attached hydrogens (tertiary/aromatic N) is 1. The highest BCUT2D eigenvalue weighted by molar-refractivity contribution is 7.99. The van der Waals surface area contributed by atoms with E-state index >= 15 is 0 Å².